The van der Waals surface area contributed by atoms with E-state index in [1.165, 1.54) is 12.1 Å². The first kappa shape index (κ1) is 13.8. The van der Waals surface area contributed by atoms with Crippen molar-refractivity contribution < 1.29 is 17.6 Å². The number of carbonyl (C=O) groups excluding carboxylic acids is 1. The van der Waals surface area contributed by atoms with Crippen molar-refractivity contribution in [3.8, 4) is 0 Å². The van der Waals surface area contributed by atoms with Gasteiger partial charge in [-0.1, -0.05) is 0 Å². The van der Waals surface area contributed by atoms with Gasteiger partial charge in [-0.25, -0.2) is 12.8 Å². The van der Waals surface area contributed by atoms with Crippen LogP contribution in [0.4, 0.5) is 15.8 Å². The van der Waals surface area contributed by atoms with Crippen LogP contribution in [-0.2, 0) is 14.8 Å². The van der Waals surface area contributed by atoms with E-state index < -0.39 is 21.7 Å². The Morgan fingerprint density at radius 1 is 1.47 bits per heavy atom. The third-order valence-electron chi connectivity index (χ3n) is 2.81. The van der Waals surface area contributed by atoms with Crippen molar-refractivity contribution in [2.45, 2.75) is 6.42 Å². The van der Waals surface area contributed by atoms with E-state index >= 15 is 0 Å². The number of nitrogens with two attached hydrogens (primary N) is 1. The van der Waals surface area contributed by atoms with Gasteiger partial charge in [-0.05, 0) is 24.6 Å². The molecule has 1 fully saturated rings. The minimum absolute atomic E-state index is 0.0684. The van der Waals surface area contributed by atoms with Gasteiger partial charge in [0.2, 0.25) is 15.9 Å². The number of nitrogens with one attached hydrogen (secondary N) is 1. The maximum atomic E-state index is 12.8. The summed E-state index contributed by atoms with van der Waals surface area (Å²) in [7, 11) is -3.31. The number of amides is 1. The Morgan fingerprint density at radius 2 is 2.21 bits per heavy atom. The molecule has 6 nitrogen and oxygen atoms in total. The zero-order chi connectivity index (χ0) is 14.0. The Hall–Kier alpha value is -1.67. The molecule has 3 N–H and O–H groups in total. The quantitative estimate of drug-likeness (QED) is 0.786. The molecule has 1 amide bonds. The number of hydrogen-bond acceptors (Lipinski definition) is 4. The summed E-state index contributed by atoms with van der Waals surface area (Å²) in [5.74, 6) is -0.930. The lowest BCUT2D eigenvalue weighted by Gasteiger charge is -2.14. The number of rotatable bonds is 3. The third-order valence-corrected chi connectivity index (χ3v) is 4.71. The zero-order valence-corrected chi connectivity index (χ0v) is 10.9. The molecule has 2 rings (SSSR count). The summed E-state index contributed by atoms with van der Waals surface area (Å²) in [5, 5.41) is 2.47. The Labute approximate surface area is 110 Å². The Kier molecular flexibility index (Phi) is 3.72. The van der Waals surface area contributed by atoms with Crippen LogP contribution >= 0.6 is 0 Å². The van der Waals surface area contributed by atoms with Gasteiger partial charge in [-0.3, -0.25) is 4.79 Å². The molecule has 0 bridgehead atoms. The molecule has 1 heterocycles. The second kappa shape index (κ2) is 5.14. The number of benzene rings is 1. The summed E-state index contributed by atoms with van der Waals surface area (Å²) >= 11 is 0. The van der Waals surface area contributed by atoms with Gasteiger partial charge in [0.25, 0.3) is 0 Å². The van der Waals surface area contributed by atoms with E-state index in [-0.39, 0.29) is 23.7 Å². The molecule has 1 aliphatic rings. The number of anilines is 2. The Morgan fingerprint density at radius 3 is 2.79 bits per heavy atom. The van der Waals surface area contributed by atoms with E-state index in [1.54, 1.807) is 0 Å². The lowest BCUT2D eigenvalue weighted by molar-refractivity contribution is -0.116. The van der Waals surface area contributed by atoms with Crippen molar-refractivity contribution in [1.82, 2.24) is 4.31 Å². The van der Waals surface area contributed by atoms with E-state index in [0.29, 0.717) is 13.0 Å². The highest BCUT2D eigenvalue weighted by molar-refractivity contribution is 7.89. The molecule has 0 aliphatic carbocycles. The molecule has 19 heavy (non-hydrogen) atoms. The average molecular weight is 287 g/mol. The van der Waals surface area contributed by atoms with E-state index in [2.05, 4.69) is 5.32 Å². The molecule has 0 unspecified atom stereocenters. The van der Waals surface area contributed by atoms with Gasteiger partial charge in [-0.15, -0.1) is 0 Å². The number of hydrogen-bond donors (Lipinski definition) is 2. The van der Waals surface area contributed by atoms with Crippen LogP contribution < -0.4 is 11.1 Å². The molecule has 0 spiro atoms. The second-order valence-corrected chi connectivity index (χ2v) is 6.37. The maximum absolute atomic E-state index is 12.8. The predicted octanol–water partition coefficient (Wildman–Crippen LogP) is 0.382. The maximum Gasteiger partial charge on any atom is 0.239 e. The van der Waals surface area contributed by atoms with Crippen molar-refractivity contribution in [2.24, 2.45) is 0 Å². The molecule has 1 saturated heterocycles. The van der Waals surface area contributed by atoms with E-state index in [0.717, 1.165) is 10.4 Å². The van der Waals surface area contributed by atoms with E-state index in [1.807, 2.05) is 0 Å². The number of nitrogen functional groups attached to an aromatic ring is 1. The fourth-order valence-corrected chi connectivity index (χ4v) is 3.34. The number of nitrogens with zero attached hydrogens (tertiary/aromatic N) is 1. The van der Waals surface area contributed by atoms with Crippen molar-refractivity contribution >= 4 is 27.3 Å². The highest BCUT2D eigenvalue weighted by Crippen LogP contribution is 2.19. The zero-order valence-electron chi connectivity index (χ0n) is 10.1. The molecule has 1 aromatic carbocycles. The highest BCUT2D eigenvalue weighted by Gasteiger charge is 2.29. The summed E-state index contributed by atoms with van der Waals surface area (Å²) in [6, 6.07) is 3.59. The normalized spacial score (nSPS) is 18.4. The van der Waals surface area contributed by atoms with Gasteiger partial charge >= 0.3 is 0 Å². The summed E-state index contributed by atoms with van der Waals surface area (Å²) in [5.41, 5.74) is 5.91. The predicted molar refractivity (Wildman–Crippen MR) is 69.4 cm³/mol. The van der Waals surface area contributed by atoms with Crippen LogP contribution in [0.25, 0.3) is 0 Å². The van der Waals surface area contributed by atoms with Gasteiger partial charge in [0.05, 0.1) is 23.7 Å². The second-order valence-electron chi connectivity index (χ2n) is 4.28. The molecule has 0 atom stereocenters. The van der Waals surface area contributed by atoms with Gasteiger partial charge < -0.3 is 11.1 Å². The van der Waals surface area contributed by atoms with Gasteiger partial charge in [0.15, 0.2) is 0 Å². The van der Waals surface area contributed by atoms with Crippen LogP contribution in [-0.4, -0.2) is 37.5 Å². The van der Waals surface area contributed by atoms with Gasteiger partial charge in [0.1, 0.15) is 5.82 Å². The fourth-order valence-electron chi connectivity index (χ4n) is 1.87. The molecule has 1 aromatic rings. The van der Waals surface area contributed by atoms with Crippen molar-refractivity contribution in [3.05, 3.63) is 24.0 Å². The molecule has 0 aromatic heterocycles. The van der Waals surface area contributed by atoms with Crippen molar-refractivity contribution in [2.75, 3.05) is 29.9 Å². The molecular weight excluding hydrogens is 273 g/mol. The van der Waals surface area contributed by atoms with Crippen LogP contribution in [0.5, 0.6) is 0 Å². The topological polar surface area (TPSA) is 92.5 Å². The van der Waals surface area contributed by atoms with Crippen LogP contribution in [0, 0.1) is 5.82 Å². The van der Waals surface area contributed by atoms with Crippen molar-refractivity contribution in [1.29, 1.82) is 0 Å². The summed E-state index contributed by atoms with van der Waals surface area (Å²) in [6.07, 6.45) is 0.522. The highest BCUT2D eigenvalue weighted by atomic mass is 32.2. The van der Waals surface area contributed by atoms with Crippen LogP contribution in [0.1, 0.15) is 6.42 Å². The van der Waals surface area contributed by atoms with Gasteiger partial charge in [0, 0.05) is 6.54 Å². The number of sulfonamides is 1. The lowest BCUT2D eigenvalue weighted by Crippen LogP contribution is -2.34. The number of carbonyl (C=O) groups is 1. The molecule has 1 aliphatic heterocycles. The third kappa shape index (κ3) is 3.21. The SMILES string of the molecule is Nc1cc(F)ccc1NC(=O)CN1CCCS1(=O)=O. The Bertz CT molecular complexity index is 603. The first-order chi connectivity index (χ1) is 8.88. The smallest absolute Gasteiger partial charge is 0.239 e. The molecular formula is C11H14FN3O3S. The minimum atomic E-state index is -3.31. The summed E-state index contributed by atoms with van der Waals surface area (Å²) in [4.78, 5) is 11.7. The first-order valence-electron chi connectivity index (χ1n) is 5.71. The molecule has 0 radical (unpaired) electrons. The molecule has 104 valence electrons. The first-order valence-corrected chi connectivity index (χ1v) is 7.32. The fraction of sp³-hybridized carbons (Fsp3) is 0.364. The monoisotopic (exact) mass is 287 g/mol. The van der Waals surface area contributed by atoms with Crippen LogP contribution in [0.3, 0.4) is 0 Å². The lowest BCUT2D eigenvalue weighted by atomic mass is 10.2. The van der Waals surface area contributed by atoms with Crippen LogP contribution in [0.2, 0.25) is 0 Å². The van der Waals surface area contributed by atoms with E-state index in [9.17, 15) is 17.6 Å². The number of halogens is 1. The Balaban J connectivity index is 2.02. The molecule has 0 saturated carbocycles. The largest absolute Gasteiger partial charge is 0.397 e. The molecule has 8 heteroatoms. The van der Waals surface area contributed by atoms with Gasteiger partial charge in [-0.2, -0.15) is 4.31 Å². The van der Waals surface area contributed by atoms with E-state index in [4.69, 9.17) is 5.73 Å². The van der Waals surface area contributed by atoms with Crippen molar-refractivity contribution in [3.63, 3.8) is 0 Å². The van der Waals surface area contributed by atoms with Crippen LogP contribution in [0.15, 0.2) is 18.2 Å². The summed E-state index contributed by atoms with van der Waals surface area (Å²) < 4.78 is 37.0. The minimum Gasteiger partial charge on any atom is -0.397 e. The average Bonchev–Trinajstić information content (AvgIpc) is 2.62. The standard InChI is InChI=1S/C11H14FN3O3S/c12-8-2-3-10(9(13)6-8)14-11(16)7-15-4-1-5-19(15,17)18/h2-3,6H,1,4-5,7,13H2,(H,14,16). The summed E-state index contributed by atoms with van der Waals surface area (Å²) in [6.45, 7) is 0.0911.